The quantitative estimate of drug-likeness (QED) is 0.570. The summed E-state index contributed by atoms with van der Waals surface area (Å²) in [5.74, 6) is -3.48. The number of H-pyrrole nitrogens is 2. The van der Waals surface area contributed by atoms with Crippen molar-refractivity contribution >= 4 is 11.9 Å². The number of ether oxygens (including phenoxy) is 1. The Balaban J connectivity index is 1.53. The lowest BCUT2D eigenvalue weighted by Crippen LogP contribution is -2.50. The molecular formula is C18H17F5N6O4. The van der Waals surface area contributed by atoms with Crippen LogP contribution in [0.4, 0.5) is 32.6 Å². The Morgan fingerprint density at radius 3 is 2.58 bits per heavy atom. The minimum atomic E-state index is -4.72. The number of aromatic nitrogens is 4. The Morgan fingerprint density at radius 2 is 1.97 bits per heavy atom. The van der Waals surface area contributed by atoms with E-state index >= 15 is 0 Å². The minimum absolute atomic E-state index is 0.0248. The lowest BCUT2D eigenvalue weighted by Gasteiger charge is -2.23. The topological polar surface area (TPSA) is 133 Å². The van der Waals surface area contributed by atoms with Crippen molar-refractivity contribution in [2.45, 2.75) is 43.5 Å². The number of aryl methyl sites for hydroxylation is 1. The monoisotopic (exact) mass is 476 g/mol. The molecule has 2 fully saturated rings. The lowest BCUT2D eigenvalue weighted by atomic mass is 10.2. The Kier molecular flexibility index (Phi) is 5.16. The van der Waals surface area contributed by atoms with E-state index in [2.05, 4.69) is 19.7 Å². The minimum Gasteiger partial charge on any atom is -0.438 e. The van der Waals surface area contributed by atoms with Gasteiger partial charge in [0, 0.05) is 12.3 Å². The molecule has 2 aromatic heterocycles. The second-order valence-electron chi connectivity index (χ2n) is 7.88. The maximum Gasteiger partial charge on any atom is 0.411 e. The molecule has 1 aliphatic heterocycles. The molecule has 2 aromatic rings. The van der Waals surface area contributed by atoms with Gasteiger partial charge in [-0.3, -0.25) is 9.78 Å². The molecule has 0 bridgehead atoms. The highest BCUT2D eigenvalue weighted by Gasteiger charge is 2.65. The first-order valence-corrected chi connectivity index (χ1v) is 9.66. The number of hydrogen-bond acceptors (Lipinski definition) is 7. The molecule has 1 amide bonds. The molecule has 0 aromatic carbocycles. The van der Waals surface area contributed by atoms with E-state index in [0.717, 1.165) is 11.1 Å². The summed E-state index contributed by atoms with van der Waals surface area (Å²) in [6.07, 6.45) is -7.94. The van der Waals surface area contributed by atoms with Crippen LogP contribution in [0.3, 0.4) is 0 Å². The molecule has 1 saturated carbocycles. The average molecular weight is 476 g/mol. The van der Waals surface area contributed by atoms with Crippen LogP contribution in [0, 0.1) is 6.92 Å². The number of alkyl halides is 5. The highest BCUT2D eigenvalue weighted by Crippen LogP contribution is 2.49. The van der Waals surface area contributed by atoms with Crippen molar-refractivity contribution < 1.29 is 31.5 Å². The van der Waals surface area contributed by atoms with Gasteiger partial charge in [-0.2, -0.15) is 13.2 Å². The summed E-state index contributed by atoms with van der Waals surface area (Å²) in [6, 6.07) is 1.23. The van der Waals surface area contributed by atoms with Crippen LogP contribution in [0.15, 0.2) is 21.9 Å². The van der Waals surface area contributed by atoms with E-state index in [-0.39, 0.29) is 35.7 Å². The van der Waals surface area contributed by atoms with E-state index in [1.54, 1.807) is 5.32 Å². The molecule has 0 radical (unpaired) electrons. The van der Waals surface area contributed by atoms with E-state index in [9.17, 15) is 36.3 Å². The summed E-state index contributed by atoms with van der Waals surface area (Å²) in [5, 5.41) is 1.65. The van der Waals surface area contributed by atoms with Crippen LogP contribution < -0.4 is 21.5 Å². The highest BCUT2D eigenvalue weighted by molar-refractivity contribution is 5.70. The molecule has 178 valence electrons. The van der Waals surface area contributed by atoms with Crippen molar-refractivity contribution in [3.63, 3.8) is 0 Å². The Labute approximate surface area is 181 Å². The fourth-order valence-corrected chi connectivity index (χ4v) is 3.46. The van der Waals surface area contributed by atoms with Crippen LogP contribution in [0.2, 0.25) is 0 Å². The Hall–Kier alpha value is -3.52. The second-order valence-corrected chi connectivity index (χ2v) is 7.88. The SMILES string of the molecule is Cc1nc(-c2c[nH]c(=O)[nH]c2=O)cc(N2C[C@H](OC(=O)NC3(C(F)(F)F)CC3)C(F)(F)C2)n1. The molecule has 4 rings (SSSR count). The van der Waals surface area contributed by atoms with Crippen molar-refractivity contribution in [3.8, 4) is 11.3 Å². The normalized spacial score (nSPS) is 21.0. The summed E-state index contributed by atoms with van der Waals surface area (Å²) >= 11 is 0. The average Bonchev–Trinajstić information content (AvgIpc) is 3.40. The van der Waals surface area contributed by atoms with Crippen LogP contribution in [-0.2, 0) is 4.74 Å². The molecule has 15 heteroatoms. The van der Waals surface area contributed by atoms with E-state index in [0.29, 0.717) is 0 Å². The number of amides is 1. The van der Waals surface area contributed by atoms with Crippen LogP contribution in [0.25, 0.3) is 11.3 Å². The molecule has 1 saturated heterocycles. The van der Waals surface area contributed by atoms with Crippen LogP contribution in [0.5, 0.6) is 0 Å². The number of nitrogens with zero attached hydrogens (tertiary/aromatic N) is 3. The van der Waals surface area contributed by atoms with Gasteiger partial charge >= 0.3 is 23.9 Å². The molecule has 1 aliphatic carbocycles. The summed E-state index contributed by atoms with van der Waals surface area (Å²) in [5.41, 5.74) is -3.94. The molecule has 0 spiro atoms. The highest BCUT2D eigenvalue weighted by atomic mass is 19.4. The standard InChI is InChI=1S/C18H17F5N6O4/c1-8-25-10(9-5-24-14(31)27-13(9)30)4-12(26-8)29-6-11(17(19,20)7-29)33-15(32)28-16(2-3-16)18(21,22)23/h4-5,11H,2-3,6-7H2,1H3,(H,28,32)(H2,24,27,30,31)/t11-/m0/s1. The first-order valence-electron chi connectivity index (χ1n) is 9.66. The molecule has 3 heterocycles. The van der Waals surface area contributed by atoms with Gasteiger partial charge in [0.05, 0.1) is 24.3 Å². The molecule has 33 heavy (non-hydrogen) atoms. The van der Waals surface area contributed by atoms with Crippen molar-refractivity contribution in [3.05, 3.63) is 38.9 Å². The van der Waals surface area contributed by atoms with Gasteiger partial charge in [-0.1, -0.05) is 0 Å². The van der Waals surface area contributed by atoms with Gasteiger partial charge < -0.3 is 19.9 Å². The van der Waals surface area contributed by atoms with Crippen LogP contribution in [-0.4, -0.2) is 62.9 Å². The fraction of sp³-hybridized carbons (Fsp3) is 0.500. The fourth-order valence-electron chi connectivity index (χ4n) is 3.46. The van der Waals surface area contributed by atoms with Crippen LogP contribution in [0.1, 0.15) is 18.7 Å². The number of nitrogens with one attached hydrogen (secondary N) is 3. The first-order chi connectivity index (χ1) is 15.3. The number of carbonyl (C=O) groups is 1. The van der Waals surface area contributed by atoms with Crippen molar-refractivity contribution in [1.29, 1.82) is 0 Å². The maximum absolute atomic E-state index is 14.5. The number of anilines is 1. The lowest BCUT2D eigenvalue weighted by molar-refractivity contribution is -0.165. The number of rotatable bonds is 4. The van der Waals surface area contributed by atoms with Crippen molar-refractivity contribution in [2.24, 2.45) is 0 Å². The summed E-state index contributed by atoms with van der Waals surface area (Å²) < 4.78 is 72.6. The van der Waals surface area contributed by atoms with E-state index in [1.165, 1.54) is 13.0 Å². The third kappa shape index (κ3) is 4.39. The van der Waals surface area contributed by atoms with Gasteiger partial charge in [-0.05, 0) is 19.8 Å². The van der Waals surface area contributed by atoms with Gasteiger partial charge in [0.1, 0.15) is 17.2 Å². The third-order valence-corrected chi connectivity index (χ3v) is 5.39. The molecule has 10 nitrogen and oxygen atoms in total. The van der Waals surface area contributed by atoms with Crippen molar-refractivity contribution in [1.82, 2.24) is 25.3 Å². The van der Waals surface area contributed by atoms with Gasteiger partial charge in [0.25, 0.3) is 5.56 Å². The zero-order valence-corrected chi connectivity index (χ0v) is 16.9. The number of aromatic amines is 2. The predicted octanol–water partition coefficient (Wildman–Crippen LogP) is 1.47. The zero-order valence-electron chi connectivity index (χ0n) is 16.9. The molecular weight excluding hydrogens is 459 g/mol. The van der Waals surface area contributed by atoms with Crippen LogP contribution >= 0.6 is 0 Å². The Morgan fingerprint density at radius 1 is 1.27 bits per heavy atom. The maximum atomic E-state index is 14.5. The van der Waals surface area contributed by atoms with Gasteiger partial charge in [-0.25, -0.2) is 28.3 Å². The third-order valence-electron chi connectivity index (χ3n) is 5.39. The largest absolute Gasteiger partial charge is 0.438 e. The summed E-state index contributed by atoms with van der Waals surface area (Å²) in [7, 11) is 0. The number of hydrogen-bond donors (Lipinski definition) is 3. The first kappa shape index (κ1) is 22.7. The summed E-state index contributed by atoms with van der Waals surface area (Å²) in [6.45, 7) is -0.0424. The van der Waals surface area contributed by atoms with Gasteiger partial charge in [0.15, 0.2) is 6.10 Å². The molecule has 3 N–H and O–H groups in total. The van der Waals surface area contributed by atoms with E-state index in [1.807, 2.05) is 4.98 Å². The smallest absolute Gasteiger partial charge is 0.411 e. The molecule has 0 unspecified atom stereocenters. The zero-order chi connectivity index (χ0) is 24.2. The van der Waals surface area contributed by atoms with E-state index < -0.39 is 54.2 Å². The molecule has 1 atom stereocenters. The van der Waals surface area contributed by atoms with Gasteiger partial charge in [0.2, 0.25) is 0 Å². The second kappa shape index (κ2) is 7.52. The Bertz CT molecular complexity index is 1210. The predicted molar refractivity (Wildman–Crippen MR) is 102 cm³/mol. The van der Waals surface area contributed by atoms with Crippen molar-refractivity contribution in [2.75, 3.05) is 18.0 Å². The summed E-state index contributed by atoms with van der Waals surface area (Å²) in [4.78, 5) is 48.6. The van der Waals surface area contributed by atoms with Gasteiger partial charge in [-0.15, -0.1) is 0 Å². The van der Waals surface area contributed by atoms with E-state index in [4.69, 9.17) is 0 Å². The number of halogens is 5. The molecule has 2 aliphatic rings. The number of alkyl carbamates (subject to hydrolysis) is 1. The number of carbonyl (C=O) groups excluding carboxylic acids is 1.